The lowest BCUT2D eigenvalue weighted by molar-refractivity contribution is -0.144. The molecule has 1 heterocycles. The molecule has 0 saturated carbocycles. The second-order valence-electron chi connectivity index (χ2n) is 5.09. The molecule has 2 rings (SSSR count). The van der Waals surface area contributed by atoms with Crippen LogP contribution < -0.4 is 5.32 Å². The van der Waals surface area contributed by atoms with Gasteiger partial charge in [-0.05, 0) is 30.5 Å². The van der Waals surface area contributed by atoms with E-state index in [2.05, 4.69) is 18.3 Å². The zero-order chi connectivity index (χ0) is 14.0. The van der Waals surface area contributed by atoms with Gasteiger partial charge in [0.2, 0.25) is 11.8 Å². The van der Waals surface area contributed by atoms with Gasteiger partial charge in [0, 0.05) is 25.1 Å². The van der Waals surface area contributed by atoms with E-state index < -0.39 is 0 Å². The van der Waals surface area contributed by atoms with E-state index in [1.165, 1.54) is 17.4 Å². The third-order valence-corrected chi connectivity index (χ3v) is 3.42. The maximum absolute atomic E-state index is 11.7. The number of rotatable bonds is 3. The number of nitrogens with one attached hydrogen (secondary N) is 1. The highest BCUT2D eigenvalue weighted by Gasteiger charge is 2.19. The Morgan fingerprint density at radius 2 is 2.16 bits per heavy atom. The Bertz CT molecular complexity index is 511. The lowest BCUT2D eigenvalue weighted by Crippen LogP contribution is -2.34. The summed E-state index contributed by atoms with van der Waals surface area (Å²) in [6.07, 6.45) is 1.34. The van der Waals surface area contributed by atoms with E-state index >= 15 is 0 Å². The number of nitrogens with zero attached hydrogens (tertiary/aromatic N) is 1. The Balaban J connectivity index is 2.17. The summed E-state index contributed by atoms with van der Waals surface area (Å²) < 4.78 is 0. The molecule has 4 nitrogen and oxygen atoms in total. The maximum Gasteiger partial charge on any atom is 0.229 e. The van der Waals surface area contributed by atoms with Crippen molar-refractivity contribution >= 4 is 17.5 Å². The van der Waals surface area contributed by atoms with Crippen LogP contribution in [-0.4, -0.2) is 22.8 Å². The fourth-order valence-electron chi connectivity index (χ4n) is 2.45. The first-order valence-electron chi connectivity index (χ1n) is 6.70. The van der Waals surface area contributed by atoms with Crippen LogP contribution in [0, 0.1) is 0 Å². The number of amides is 2. The number of carbonyl (C=O) groups excluding carboxylic acids is 2. The summed E-state index contributed by atoms with van der Waals surface area (Å²) in [5, 5.41) is 3.39. The molecule has 102 valence electrons. The minimum Gasteiger partial charge on any atom is -0.382 e. The molecule has 1 unspecified atom stereocenters. The molecule has 0 aromatic heterocycles. The van der Waals surface area contributed by atoms with Gasteiger partial charge in [-0.3, -0.25) is 14.5 Å². The van der Waals surface area contributed by atoms with Crippen molar-refractivity contribution in [1.82, 2.24) is 4.90 Å². The number of benzene rings is 1. The number of fused-ring (bicyclic) bond motifs is 1. The van der Waals surface area contributed by atoms with Crippen molar-refractivity contribution < 1.29 is 9.59 Å². The predicted octanol–water partition coefficient (Wildman–Crippen LogP) is 2.33. The highest BCUT2D eigenvalue weighted by Crippen LogP contribution is 2.27. The van der Waals surface area contributed by atoms with E-state index in [-0.39, 0.29) is 11.8 Å². The van der Waals surface area contributed by atoms with Gasteiger partial charge >= 0.3 is 0 Å². The first kappa shape index (κ1) is 13.6. The van der Waals surface area contributed by atoms with E-state index in [9.17, 15) is 9.59 Å². The Morgan fingerprint density at radius 3 is 2.79 bits per heavy atom. The van der Waals surface area contributed by atoms with Gasteiger partial charge in [0.25, 0.3) is 0 Å². The van der Waals surface area contributed by atoms with Gasteiger partial charge in [-0.25, -0.2) is 0 Å². The van der Waals surface area contributed by atoms with Crippen LogP contribution in [0.2, 0.25) is 0 Å². The molecule has 1 aromatic carbocycles. The van der Waals surface area contributed by atoms with Crippen molar-refractivity contribution in [3.63, 3.8) is 0 Å². The van der Waals surface area contributed by atoms with Crippen LogP contribution in [0.4, 0.5) is 5.69 Å². The summed E-state index contributed by atoms with van der Waals surface area (Å²) >= 11 is 0. The van der Waals surface area contributed by atoms with Crippen LogP contribution in [0.3, 0.4) is 0 Å². The molecule has 4 heteroatoms. The van der Waals surface area contributed by atoms with Crippen molar-refractivity contribution in [2.75, 3.05) is 5.32 Å². The largest absolute Gasteiger partial charge is 0.382 e. The number of anilines is 1. The Hall–Kier alpha value is -1.84. The van der Waals surface area contributed by atoms with E-state index in [0.717, 1.165) is 17.7 Å². The Labute approximate surface area is 113 Å². The van der Waals surface area contributed by atoms with Crippen LogP contribution >= 0.6 is 0 Å². The molecule has 0 radical (unpaired) electrons. The van der Waals surface area contributed by atoms with E-state index in [4.69, 9.17) is 0 Å². The first-order valence-corrected chi connectivity index (χ1v) is 6.70. The summed E-state index contributed by atoms with van der Waals surface area (Å²) in [7, 11) is 0. The molecule has 0 saturated heterocycles. The zero-order valence-corrected chi connectivity index (χ0v) is 11.7. The van der Waals surface area contributed by atoms with Gasteiger partial charge in [-0.2, -0.15) is 0 Å². The van der Waals surface area contributed by atoms with E-state index in [0.29, 0.717) is 19.0 Å². The molecule has 0 fully saturated rings. The van der Waals surface area contributed by atoms with Gasteiger partial charge in [0.15, 0.2) is 0 Å². The average molecular weight is 260 g/mol. The van der Waals surface area contributed by atoms with Crippen LogP contribution in [0.5, 0.6) is 0 Å². The molecule has 1 aliphatic rings. The smallest absolute Gasteiger partial charge is 0.229 e. The number of hydrogen-bond acceptors (Lipinski definition) is 3. The molecular formula is C15H20N2O2. The zero-order valence-electron chi connectivity index (χ0n) is 11.7. The molecule has 19 heavy (non-hydrogen) atoms. The lowest BCUT2D eigenvalue weighted by atomic mass is 10.1. The summed E-state index contributed by atoms with van der Waals surface area (Å²) in [4.78, 5) is 24.6. The van der Waals surface area contributed by atoms with Gasteiger partial charge in [0.1, 0.15) is 0 Å². The van der Waals surface area contributed by atoms with Crippen molar-refractivity contribution in [2.45, 2.75) is 46.2 Å². The fraction of sp³-hybridized carbons (Fsp3) is 0.467. The second-order valence-corrected chi connectivity index (χ2v) is 5.09. The van der Waals surface area contributed by atoms with Crippen molar-refractivity contribution in [3.8, 4) is 0 Å². The summed E-state index contributed by atoms with van der Waals surface area (Å²) in [6.45, 7) is 5.71. The van der Waals surface area contributed by atoms with Crippen LogP contribution in [-0.2, 0) is 22.6 Å². The van der Waals surface area contributed by atoms with Crippen LogP contribution in [0.25, 0.3) is 0 Å². The fourth-order valence-corrected chi connectivity index (χ4v) is 2.45. The molecule has 2 amide bonds. The monoisotopic (exact) mass is 260 g/mol. The molecular weight excluding hydrogens is 240 g/mol. The molecule has 1 N–H and O–H groups in total. The summed E-state index contributed by atoms with van der Waals surface area (Å²) in [5.41, 5.74) is 3.43. The molecule has 1 aliphatic heterocycles. The van der Waals surface area contributed by atoms with Gasteiger partial charge in [0.05, 0.1) is 6.54 Å². The second kappa shape index (κ2) is 5.43. The highest BCUT2D eigenvalue weighted by molar-refractivity contribution is 5.93. The van der Waals surface area contributed by atoms with Crippen molar-refractivity contribution in [2.24, 2.45) is 0 Å². The number of carbonyl (C=O) groups is 2. The third-order valence-electron chi connectivity index (χ3n) is 3.42. The Morgan fingerprint density at radius 1 is 1.42 bits per heavy atom. The molecule has 1 aromatic rings. The molecule has 0 aliphatic carbocycles. The lowest BCUT2D eigenvalue weighted by Gasteiger charge is -2.18. The molecule has 0 spiro atoms. The minimum atomic E-state index is -0.196. The predicted molar refractivity (Wildman–Crippen MR) is 74.8 cm³/mol. The summed E-state index contributed by atoms with van der Waals surface area (Å²) in [5.74, 6) is -0.321. The van der Waals surface area contributed by atoms with Crippen LogP contribution in [0.1, 0.15) is 38.3 Å². The average Bonchev–Trinajstić information content (AvgIpc) is 2.73. The van der Waals surface area contributed by atoms with Crippen molar-refractivity contribution in [3.05, 3.63) is 29.3 Å². The molecule has 0 bridgehead atoms. The van der Waals surface area contributed by atoms with Crippen molar-refractivity contribution in [1.29, 1.82) is 0 Å². The quantitative estimate of drug-likeness (QED) is 0.907. The normalized spacial score (nSPS) is 16.7. The topological polar surface area (TPSA) is 49.4 Å². The SMILES string of the molecule is CCC(=O)N(Cc1ccc2c(c1)CC(C)N2)C(C)=O. The molecule has 1 atom stereocenters. The van der Waals surface area contributed by atoms with Crippen LogP contribution in [0.15, 0.2) is 18.2 Å². The van der Waals surface area contributed by atoms with E-state index in [1.807, 2.05) is 12.1 Å². The highest BCUT2D eigenvalue weighted by atomic mass is 16.2. The minimum absolute atomic E-state index is 0.125. The number of hydrogen-bond donors (Lipinski definition) is 1. The standard InChI is InChI=1S/C15H20N2O2/c1-4-15(19)17(11(3)18)9-12-5-6-14-13(8-12)7-10(2)16-14/h5-6,8,10,16H,4,7,9H2,1-3H3. The number of imide groups is 1. The third kappa shape index (κ3) is 2.95. The Kier molecular flexibility index (Phi) is 3.88. The first-order chi connectivity index (χ1) is 9.01. The maximum atomic E-state index is 11.7. The van der Waals surface area contributed by atoms with Gasteiger partial charge in [-0.15, -0.1) is 0 Å². The summed E-state index contributed by atoms with van der Waals surface area (Å²) in [6, 6.07) is 6.54. The van der Waals surface area contributed by atoms with E-state index in [1.54, 1.807) is 6.92 Å². The van der Waals surface area contributed by atoms with Gasteiger partial charge in [-0.1, -0.05) is 19.1 Å². The van der Waals surface area contributed by atoms with Gasteiger partial charge < -0.3 is 5.32 Å².